The topological polar surface area (TPSA) is 105 Å². The van der Waals surface area contributed by atoms with Crippen molar-refractivity contribution in [3.05, 3.63) is 47.5 Å². The summed E-state index contributed by atoms with van der Waals surface area (Å²) in [7, 11) is 0. The summed E-state index contributed by atoms with van der Waals surface area (Å²) in [6.45, 7) is 3.07. The molecular formula is C26H18F12O8. The van der Waals surface area contributed by atoms with Gasteiger partial charge in [-0.2, -0.15) is 52.7 Å². The summed E-state index contributed by atoms with van der Waals surface area (Å²) in [6.07, 6.45) is -22.5. The van der Waals surface area contributed by atoms with Gasteiger partial charge in [0.1, 0.15) is 0 Å². The fourth-order valence-electron chi connectivity index (χ4n) is 3.46. The van der Waals surface area contributed by atoms with E-state index < -0.39 is 83.4 Å². The highest BCUT2D eigenvalue weighted by Crippen LogP contribution is 2.36. The second-order valence-electron chi connectivity index (χ2n) is 9.47. The Bertz CT molecular complexity index is 1350. The van der Waals surface area contributed by atoms with Crippen molar-refractivity contribution in [2.45, 2.75) is 51.4 Å². The molecule has 0 heterocycles. The van der Waals surface area contributed by atoms with Gasteiger partial charge in [-0.3, -0.25) is 0 Å². The van der Waals surface area contributed by atoms with Crippen LogP contribution in [-0.4, -0.2) is 48.6 Å². The summed E-state index contributed by atoms with van der Waals surface area (Å²) in [5.74, 6) is -17.1. The predicted molar refractivity (Wildman–Crippen MR) is 125 cm³/mol. The van der Waals surface area contributed by atoms with Crippen LogP contribution in [0.15, 0.2) is 36.4 Å². The molecule has 20 heteroatoms. The van der Waals surface area contributed by atoms with Crippen LogP contribution in [0.25, 0.3) is 0 Å². The molecule has 0 radical (unpaired) electrons. The van der Waals surface area contributed by atoms with E-state index in [-0.39, 0.29) is 24.0 Å². The van der Waals surface area contributed by atoms with Gasteiger partial charge in [-0.1, -0.05) is 26.0 Å². The van der Waals surface area contributed by atoms with Crippen molar-refractivity contribution in [3.63, 3.8) is 0 Å². The molecule has 0 fully saturated rings. The summed E-state index contributed by atoms with van der Waals surface area (Å²) < 4.78 is 168. The third-order valence-electron chi connectivity index (χ3n) is 5.84. The third kappa shape index (κ3) is 10.8. The van der Waals surface area contributed by atoms with Gasteiger partial charge < -0.3 is 18.9 Å². The van der Waals surface area contributed by atoms with E-state index in [9.17, 15) is 71.9 Å². The van der Waals surface area contributed by atoms with Crippen LogP contribution in [0.3, 0.4) is 0 Å². The zero-order chi connectivity index (χ0) is 35.4. The molecule has 2 atom stereocenters. The Morgan fingerprint density at radius 1 is 0.478 bits per heavy atom. The summed E-state index contributed by atoms with van der Waals surface area (Å²) >= 11 is 0. The van der Waals surface area contributed by atoms with Crippen molar-refractivity contribution in [2.24, 2.45) is 11.8 Å². The van der Waals surface area contributed by atoms with Crippen molar-refractivity contribution in [3.8, 4) is 23.0 Å². The van der Waals surface area contributed by atoms with Crippen LogP contribution < -0.4 is 18.9 Å². The normalized spacial score (nSPS) is 13.8. The molecule has 2 aromatic rings. The first kappa shape index (κ1) is 37.7. The molecule has 0 aliphatic rings. The number of hydrogen-bond donors (Lipinski definition) is 0. The molecule has 0 bridgehead atoms. The summed E-state index contributed by atoms with van der Waals surface area (Å²) in [4.78, 5) is 45.0. The van der Waals surface area contributed by atoms with Gasteiger partial charge in [0.05, 0.1) is 0 Å². The number of carbonyl (C=O) groups is 4. The lowest BCUT2D eigenvalue weighted by molar-refractivity contribution is -0.191. The molecule has 2 aromatic carbocycles. The van der Waals surface area contributed by atoms with E-state index >= 15 is 0 Å². The third-order valence-corrected chi connectivity index (χ3v) is 5.84. The molecule has 46 heavy (non-hydrogen) atoms. The summed E-state index contributed by atoms with van der Waals surface area (Å²) in [5, 5.41) is 0. The minimum absolute atomic E-state index is 0.0466. The summed E-state index contributed by atoms with van der Waals surface area (Å²) in [5.41, 5.74) is 0.0932. The zero-order valence-corrected chi connectivity index (χ0v) is 22.8. The molecule has 0 saturated carbocycles. The number of hydrogen-bond acceptors (Lipinski definition) is 8. The molecule has 0 aliphatic heterocycles. The minimum atomic E-state index is -5.59. The average molecular weight is 686 g/mol. The van der Waals surface area contributed by atoms with Crippen LogP contribution in [-0.2, 0) is 32.0 Å². The Balaban J connectivity index is 2.32. The van der Waals surface area contributed by atoms with Crippen molar-refractivity contribution >= 4 is 23.9 Å². The Hall–Kier alpha value is -4.52. The first-order valence-corrected chi connectivity index (χ1v) is 12.2. The number of rotatable bonds is 9. The van der Waals surface area contributed by atoms with E-state index in [1.165, 1.54) is 13.8 Å². The van der Waals surface area contributed by atoms with E-state index in [0.29, 0.717) is 24.3 Å². The zero-order valence-electron chi connectivity index (χ0n) is 22.8. The average Bonchev–Trinajstić information content (AvgIpc) is 2.89. The quantitative estimate of drug-likeness (QED) is 0.165. The lowest BCUT2D eigenvalue weighted by atomic mass is 9.85. The van der Waals surface area contributed by atoms with Crippen molar-refractivity contribution in [2.75, 3.05) is 0 Å². The minimum Gasteiger partial charge on any atom is -0.416 e. The Morgan fingerprint density at radius 2 is 0.717 bits per heavy atom. The number of ether oxygens (including phenoxy) is 4. The molecule has 0 aromatic heterocycles. The second kappa shape index (κ2) is 13.9. The first-order chi connectivity index (χ1) is 20.8. The lowest BCUT2D eigenvalue weighted by Gasteiger charge is -2.21. The number of carbonyl (C=O) groups excluding carboxylic acids is 4. The van der Waals surface area contributed by atoms with Gasteiger partial charge in [0.15, 0.2) is 23.0 Å². The number of alkyl halides is 12. The second-order valence-corrected chi connectivity index (χ2v) is 9.47. The van der Waals surface area contributed by atoms with Crippen molar-refractivity contribution in [1.82, 2.24) is 0 Å². The van der Waals surface area contributed by atoms with Crippen LogP contribution >= 0.6 is 0 Å². The van der Waals surface area contributed by atoms with Crippen molar-refractivity contribution in [1.29, 1.82) is 0 Å². The van der Waals surface area contributed by atoms with E-state index in [0.717, 1.165) is 12.1 Å². The van der Waals surface area contributed by atoms with Crippen LogP contribution in [0, 0.1) is 11.8 Å². The first-order valence-electron chi connectivity index (χ1n) is 12.2. The van der Waals surface area contributed by atoms with Gasteiger partial charge in [0.25, 0.3) is 0 Å². The van der Waals surface area contributed by atoms with Crippen LogP contribution in [0.5, 0.6) is 23.0 Å². The highest BCUT2D eigenvalue weighted by Gasteiger charge is 2.45. The van der Waals surface area contributed by atoms with E-state index in [2.05, 4.69) is 18.9 Å². The van der Waals surface area contributed by atoms with E-state index in [4.69, 9.17) is 0 Å². The molecule has 2 unspecified atom stereocenters. The van der Waals surface area contributed by atoms with E-state index in [1.54, 1.807) is 0 Å². The fourth-order valence-corrected chi connectivity index (χ4v) is 3.46. The Labute approximate surface area is 249 Å². The van der Waals surface area contributed by atoms with Crippen molar-refractivity contribution < 1.29 is 90.8 Å². The van der Waals surface area contributed by atoms with Gasteiger partial charge in [-0.15, -0.1) is 0 Å². The SMILES string of the molecule is CC(Cc1ccc(OC(=O)C(F)(F)F)c(OC(=O)C(F)(F)F)c1)C(C)Cc1ccc(OC(=O)C(F)(F)F)c(OC(=O)C(F)(F)F)c1. The molecule has 8 nitrogen and oxygen atoms in total. The van der Waals surface area contributed by atoms with Gasteiger partial charge >= 0.3 is 48.6 Å². The Morgan fingerprint density at radius 3 is 0.957 bits per heavy atom. The largest absolute Gasteiger partial charge is 0.491 e. The number of halogens is 12. The van der Waals surface area contributed by atoms with Gasteiger partial charge in [-0.05, 0) is 60.1 Å². The molecule has 0 aliphatic carbocycles. The monoisotopic (exact) mass is 686 g/mol. The van der Waals surface area contributed by atoms with Gasteiger partial charge in [0, 0.05) is 0 Å². The molecule has 2 rings (SSSR count). The number of benzene rings is 2. The predicted octanol–water partition coefficient (Wildman–Crippen LogP) is 6.61. The summed E-state index contributed by atoms with van der Waals surface area (Å²) in [6, 6.07) is 4.74. The lowest BCUT2D eigenvalue weighted by Crippen LogP contribution is -2.30. The van der Waals surface area contributed by atoms with Gasteiger partial charge in [0.2, 0.25) is 0 Å². The maximum atomic E-state index is 12.7. The molecule has 0 spiro atoms. The number of esters is 4. The maximum absolute atomic E-state index is 12.7. The molecule has 254 valence electrons. The molecule has 0 N–H and O–H groups in total. The van der Waals surface area contributed by atoms with Gasteiger partial charge in [-0.25, -0.2) is 19.2 Å². The molecular weight excluding hydrogens is 668 g/mol. The smallest absolute Gasteiger partial charge is 0.416 e. The van der Waals surface area contributed by atoms with Crippen LogP contribution in [0.2, 0.25) is 0 Å². The highest BCUT2D eigenvalue weighted by molar-refractivity contribution is 5.82. The highest BCUT2D eigenvalue weighted by atomic mass is 19.4. The van der Waals surface area contributed by atoms with E-state index in [1.807, 2.05) is 0 Å². The molecule has 0 amide bonds. The molecule has 0 saturated heterocycles. The van der Waals surface area contributed by atoms with Crippen LogP contribution in [0.4, 0.5) is 52.7 Å². The fraction of sp³-hybridized carbons (Fsp3) is 0.385. The van der Waals surface area contributed by atoms with Crippen LogP contribution in [0.1, 0.15) is 25.0 Å². The standard InChI is InChI=1S/C26H18F12O8/c1-11(7-13-3-5-15(43-19(39)23(27,28)29)17(9-13)45-21(41)25(33,34)35)12(2)8-14-4-6-16(44-20(40)24(30,31)32)18(10-14)46-22(42)26(36,37)38/h3-6,9-12H,7-8H2,1-2H3. The Kier molecular flexibility index (Phi) is 11.3. The maximum Gasteiger partial charge on any atom is 0.491 e.